The molecule has 0 unspecified atom stereocenters. The number of carbonyl (C=O) groups excluding carboxylic acids is 1. The second-order valence-corrected chi connectivity index (χ2v) is 4.86. The molecule has 0 saturated heterocycles. The fourth-order valence-corrected chi connectivity index (χ4v) is 2.62. The monoisotopic (exact) mass is 260 g/mol. The molecule has 1 fully saturated rings. The Kier molecular flexibility index (Phi) is 4.51. The topological polar surface area (TPSA) is 44.1 Å². The lowest BCUT2D eigenvalue weighted by Crippen LogP contribution is -2.39. The van der Waals surface area contributed by atoms with Crippen molar-refractivity contribution in [2.24, 2.45) is 0 Å². The number of nitrogens with zero attached hydrogens (tertiary/aromatic N) is 2. The number of hydrogen-bond donors (Lipinski definition) is 0. The van der Waals surface area contributed by atoms with E-state index in [0.717, 1.165) is 25.7 Å². The van der Waals surface area contributed by atoms with Crippen molar-refractivity contribution in [2.75, 3.05) is 6.54 Å². The zero-order valence-corrected chi connectivity index (χ0v) is 10.8. The van der Waals surface area contributed by atoms with Crippen LogP contribution in [0.3, 0.4) is 0 Å². The van der Waals surface area contributed by atoms with E-state index in [0.29, 0.717) is 18.5 Å². The van der Waals surface area contributed by atoms with Gasteiger partial charge in [-0.3, -0.25) is 4.79 Å². The highest BCUT2D eigenvalue weighted by molar-refractivity contribution is 5.94. The van der Waals surface area contributed by atoms with Gasteiger partial charge >= 0.3 is 0 Å². The first kappa shape index (κ1) is 13.5. The fourth-order valence-electron chi connectivity index (χ4n) is 2.62. The summed E-state index contributed by atoms with van der Waals surface area (Å²) in [6, 6.07) is 8.02. The molecule has 2 rings (SSSR count). The van der Waals surface area contributed by atoms with Crippen molar-refractivity contribution in [3.63, 3.8) is 0 Å². The van der Waals surface area contributed by atoms with Crippen LogP contribution in [0.2, 0.25) is 0 Å². The van der Waals surface area contributed by atoms with E-state index in [-0.39, 0.29) is 11.9 Å². The van der Waals surface area contributed by atoms with Gasteiger partial charge in [-0.15, -0.1) is 0 Å². The van der Waals surface area contributed by atoms with Gasteiger partial charge in [0, 0.05) is 18.2 Å². The average Bonchev–Trinajstić information content (AvgIpc) is 2.93. The van der Waals surface area contributed by atoms with Gasteiger partial charge in [-0.2, -0.15) is 5.26 Å². The molecule has 0 aliphatic heterocycles. The molecule has 1 aromatic carbocycles. The lowest BCUT2D eigenvalue weighted by molar-refractivity contribution is 0.0686. The highest BCUT2D eigenvalue weighted by Gasteiger charge is 2.27. The largest absolute Gasteiger partial charge is 0.335 e. The molecule has 1 aliphatic rings. The summed E-state index contributed by atoms with van der Waals surface area (Å²) in [4.78, 5) is 14.2. The minimum absolute atomic E-state index is 0.165. The molecular weight excluding hydrogens is 243 g/mol. The molecule has 19 heavy (non-hydrogen) atoms. The molecule has 0 heterocycles. The second-order valence-electron chi connectivity index (χ2n) is 4.86. The van der Waals surface area contributed by atoms with Crippen LogP contribution < -0.4 is 0 Å². The minimum atomic E-state index is -0.405. The summed E-state index contributed by atoms with van der Waals surface area (Å²) in [7, 11) is 0. The molecule has 0 radical (unpaired) electrons. The predicted octanol–water partition coefficient (Wildman–Crippen LogP) is 3.12. The van der Waals surface area contributed by atoms with Crippen molar-refractivity contribution in [1.29, 1.82) is 5.26 Å². The van der Waals surface area contributed by atoms with Crippen molar-refractivity contribution in [3.8, 4) is 6.07 Å². The van der Waals surface area contributed by atoms with E-state index < -0.39 is 5.82 Å². The van der Waals surface area contributed by atoms with Crippen LogP contribution in [0.1, 0.15) is 42.5 Å². The van der Waals surface area contributed by atoms with Gasteiger partial charge in [0.25, 0.3) is 5.91 Å². The van der Waals surface area contributed by atoms with Gasteiger partial charge < -0.3 is 4.90 Å². The molecule has 0 N–H and O–H groups in total. The first-order valence-electron chi connectivity index (χ1n) is 6.66. The Bertz CT molecular complexity index is 489. The Labute approximate surface area is 112 Å². The van der Waals surface area contributed by atoms with Crippen LogP contribution in [0.25, 0.3) is 0 Å². The Morgan fingerprint density at radius 2 is 2.16 bits per heavy atom. The molecule has 1 aliphatic carbocycles. The van der Waals surface area contributed by atoms with E-state index in [4.69, 9.17) is 5.26 Å². The van der Waals surface area contributed by atoms with Crippen LogP contribution in [0.5, 0.6) is 0 Å². The molecule has 1 aromatic rings. The smallest absolute Gasteiger partial charge is 0.254 e. The normalized spacial score (nSPS) is 15.2. The summed E-state index contributed by atoms with van der Waals surface area (Å²) in [5, 5.41) is 8.71. The molecule has 4 heteroatoms. The van der Waals surface area contributed by atoms with Crippen LogP contribution in [0, 0.1) is 17.1 Å². The van der Waals surface area contributed by atoms with Gasteiger partial charge in [0.1, 0.15) is 5.82 Å². The highest BCUT2D eigenvalue weighted by Crippen LogP contribution is 2.25. The van der Waals surface area contributed by atoms with Gasteiger partial charge in [0.2, 0.25) is 0 Å². The molecule has 3 nitrogen and oxygen atoms in total. The van der Waals surface area contributed by atoms with E-state index in [2.05, 4.69) is 6.07 Å². The third-order valence-electron chi connectivity index (χ3n) is 3.56. The Morgan fingerprint density at radius 1 is 1.42 bits per heavy atom. The van der Waals surface area contributed by atoms with E-state index in [1.807, 2.05) is 0 Å². The van der Waals surface area contributed by atoms with Gasteiger partial charge in [0.05, 0.1) is 12.5 Å². The maximum atomic E-state index is 13.2. The molecule has 0 aromatic heterocycles. The number of amides is 1. The number of benzene rings is 1. The van der Waals surface area contributed by atoms with E-state index in [1.165, 1.54) is 12.1 Å². The Hall–Kier alpha value is -1.89. The van der Waals surface area contributed by atoms with E-state index in [9.17, 15) is 9.18 Å². The number of rotatable bonds is 4. The molecule has 0 atom stereocenters. The van der Waals surface area contributed by atoms with Gasteiger partial charge in [0.15, 0.2) is 0 Å². The molecule has 0 bridgehead atoms. The SMILES string of the molecule is N#CCCN(C(=O)c1cccc(F)c1)C1CCCC1. The molecule has 0 spiro atoms. The fraction of sp³-hybridized carbons (Fsp3) is 0.467. The van der Waals surface area contributed by atoms with Gasteiger partial charge in [-0.05, 0) is 31.0 Å². The first-order chi connectivity index (χ1) is 9.22. The van der Waals surface area contributed by atoms with E-state index in [1.54, 1.807) is 17.0 Å². The molecule has 1 saturated carbocycles. The van der Waals surface area contributed by atoms with Crippen LogP contribution in [0.15, 0.2) is 24.3 Å². The Morgan fingerprint density at radius 3 is 2.79 bits per heavy atom. The third kappa shape index (κ3) is 3.31. The summed E-state index contributed by atoms with van der Waals surface area (Å²) in [5.41, 5.74) is 0.366. The van der Waals surface area contributed by atoms with E-state index >= 15 is 0 Å². The number of carbonyl (C=O) groups is 1. The van der Waals surface area contributed by atoms with Crippen LogP contribution in [0.4, 0.5) is 4.39 Å². The summed E-state index contributed by atoms with van der Waals surface area (Å²) >= 11 is 0. The summed E-state index contributed by atoms with van der Waals surface area (Å²) in [6.07, 6.45) is 4.50. The second kappa shape index (κ2) is 6.33. The molecule has 100 valence electrons. The first-order valence-corrected chi connectivity index (χ1v) is 6.66. The lowest BCUT2D eigenvalue weighted by atomic mass is 10.1. The Balaban J connectivity index is 2.17. The zero-order chi connectivity index (χ0) is 13.7. The average molecular weight is 260 g/mol. The van der Waals surface area contributed by atoms with Crippen molar-refractivity contribution in [2.45, 2.75) is 38.1 Å². The van der Waals surface area contributed by atoms with Gasteiger partial charge in [-0.1, -0.05) is 18.9 Å². The maximum Gasteiger partial charge on any atom is 0.254 e. The predicted molar refractivity (Wildman–Crippen MR) is 69.9 cm³/mol. The van der Waals surface area contributed by atoms with Crippen LogP contribution in [-0.2, 0) is 0 Å². The highest BCUT2D eigenvalue weighted by atomic mass is 19.1. The van der Waals surface area contributed by atoms with Crippen molar-refractivity contribution in [3.05, 3.63) is 35.6 Å². The summed E-state index contributed by atoms with van der Waals surface area (Å²) < 4.78 is 13.2. The number of nitriles is 1. The number of halogens is 1. The third-order valence-corrected chi connectivity index (χ3v) is 3.56. The van der Waals surface area contributed by atoms with Gasteiger partial charge in [-0.25, -0.2) is 4.39 Å². The van der Waals surface area contributed by atoms with Crippen molar-refractivity contribution < 1.29 is 9.18 Å². The lowest BCUT2D eigenvalue weighted by Gasteiger charge is -2.28. The van der Waals surface area contributed by atoms with Crippen molar-refractivity contribution >= 4 is 5.91 Å². The summed E-state index contributed by atoms with van der Waals surface area (Å²) in [6.45, 7) is 0.427. The minimum Gasteiger partial charge on any atom is -0.335 e. The maximum absolute atomic E-state index is 13.2. The quantitative estimate of drug-likeness (QED) is 0.834. The van der Waals surface area contributed by atoms with Crippen LogP contribution >= 0.6 is 0 Å². The zero-order valence-electron chi connectivity index (χ0n) is 10.8. The van der Waals surface area contributed by atoms with Crippen LogP contribution in [-0.4, -0.2) is 23.4 Å². The number of hydrogen-bond acceptors (Lipinski definition) is 2. The molecule has 1 amide bonds. The van der Waals surface area contributed by atoms with Crippen molar-refractivity contribution in [1.82, 2.24) is 4.90 Å². The molecular formula is C15H17FN2O. The standard InChI is InChI=1S/C15H17FN2O/c16-13-6-3-5-12(11-13)15(19)18(10-4-9-17)14-7-1-2-8-14/h3,5-6,11,14H,1-2,4,7-8,10H2. The summed E-state index contributed by atoms with van der Waals surface area (Å²) in [5.74, 6) is -0.570.